The van der Waals surface area contributed by atoms with Gasteiger partial charge in [0.1, 0.15) is 17.2 Å². The van der Waals surface area contributed by atoms with Gasteiger partial charge >= 0.3 is 0 Å². The lowest BCUT2D eigenvalue weighted by Gasteiger charge is -2.18. The Morgan fingerprint density at radius 3 is 1.33 bits per heavy atom. The number of hydrogen-bond acceptors (Lipinski definition) is 4. The molecule has 4 heteroatoms. The van der Waals surface area contributed by atoms with Gasteiger partial charge in [-0.3, -0.25) is 0 Å². The topological polar surface area (TPSA) is 27.7 Å². The van der Waals surface area contributed by atoms with Crippen molar-refractivity contribution >= 4 is 11.8 Å². The smallest absolute Gasteiger partial charge is 0.118 e. The van der Waals surface area contributed by atoms with Crippen molar-refractivity contribution in [3.05, 3.63) is 89.5 Å². The molecule has 1 unspecified atom stereocenters. The molecule has 1 fully saturated rings. The van der Waals surface area contributed by atoms with Crippen molar-refractivity contribution in [2.75, 3.05) is 21.3 Å². The summed E-state index contributed by atoms with van der Waals surface area (Å²) in [5.41, 5.74) is 3.85. The molecule has 0 bridgehead atoms. The van der Waals surface area contributed by atoms with Crippen molar-refractivity contribution in [1.29, 1.82) is 0 Å². The normalized spacial score (nSPS) is 17.2. The fourth-order valence-corrected chi connectivity index (χ4v) is 5.07. The van der Waals surface area contributed by atoms with Gasteiger partial charge in [0.15, 0.2) is 0 Å². The van der Waals surface area contributed by atoms with Gasteiger partial charge in [-0.05, 0) is 53.1 Å². The maximum Gasteiger partial charge on any atom is 0.118 e. The van der Waals surface area contributed by atoms with E-state index in [-0.39, 0.29) is 4.75 Å². The quantitative estimate of drug-likeness (QED) is 0.534. The fourth-order valence-electron chi connectivity index (χ4n) is 3.52. The van der Waals surface area contributed by atoms with Crippen molar-refractivity contribution in [1.82, 2.24) is 0 Å². The largest absolute Gasteiger partial charge is 0.497 e. The van der Waals surface area contributed by atoms with Crippen LogP contribution in [0.4, 0.5) is 0 Å². The van der Waals surface area contributed by atoms with E-state index in [1.807, 2.05) is 48.2 Å². The van der Waals surface area contributed by atoms with Crippen LogP contribution in [0.15, 0.2) is 72.8 Å². The van der Waals surface area contributed by atoms with Gasteiger partial charge < -0.3 is 14.2 Å². The molecular weight excluding hydrogens is 356 g/mol. The van der Waals surface area contributed by atoms with Crippen LogP contribution in [0.5, 0.6) is 17.2 Å². The molecular formula is C23H22O3S. The molecule has 27 heavy (non-hydrogen) atoms. The Hall–Kier alpha value is -2.59. The number of rotatable bonds is 6. The Morgan fingerprint density at radius 2 is 0.963 bits per heavy atom. The third kappa shape index (κ3) is 3.15. The van der Waals surface area contributed by atoms with Crippen LogP contribution in [0.25, 0.3) is 0 Å². The molecule has 4 rings (SSSR count). The summed E-state index contributed by atoms with van der Waals surface area (Å²) in [5, 5.41) is 0.352. The number of hydrogen-bond donors (Lipinski definition) is 0. The minimum atomic E-state index is -0.104. The molecule has 138 valence electrons. The predicted molar refractivity (Wildman–Crippen MR) is 110 cm³/mol. The van der Waals surface area contributed by atoms with Crippen LogP contribution in [-0.2, 0) is 4.75 Å². The lowest BCUT2D eigenvalue weighted by molar-refractivity contribution is 0.414. The monoisotopic (exact) mass is 378 g/mol. The van der Waals surface area contributed by atoms with Crippen LogP contribution >= 0.6 is 11.8 Å². The molecule has 0 aliphatic carbocycles. The Morgan fingerprint density at radius 1 is 0.593 bits per heavy atom. The van der Waals surface area contributed by atoms with Crippen LogP contribution in [-0.4, -0.2) is 21.3 Å². The third-order valence-corrected chi connectivity index (χ3v) is 6.76. The Kier molecular flexibility index (Phi) is 4.75. The van der Waals surface area contributed by atoms with Gasteiger partial charge in [0.2, 0.25) is 0 Å². The SMILES string of the molecule is COc1ccc(C2SC2(c2ccc(OC)cc2)c2ccc(OC)cc2)cc1. The highest BCUT2D eigenvalue weighted by Crippen LogP contribution is 2.74. The Bertz CT molecular complexity index is 854. The predicted octanol–water partition coefficient (Wildman–Crippen LogP) is 5.44. The van der Waals surface area contributed by atoms with Crippen LogP contribution in [0, 0.1) is 0 Å². The maximum absolute atomic E-state index is 5.34. The summed E-state index contributed by atoms with van der Waals surface area (Å²) < 4.78 is 15.9. The van der Waals surface area contributed by atoms with E-state index in [4.69, 9.17) is 14.2 Å². The van der Waals surface area contributed by atoms with Crippen molar-refractivity contribution in [2.45, 2.75) is 10.00 Å². The number of methoxy groups -OCH3 is 3. The summed E-state index contributed by atoms with van der Waals surface area (Å²) in [6.45, 7) is 0. The first-order valence-corrected chi connectivity index (χ1v) is 9.70. The molecule has 1 heterocycles. The van der Waals surface area contributed by atoms with E-state index in [2.05, 4.69) is 36.4 Å². The van der Waals surface area contributed by atoms with E-state index >= 15 is 0 Å². The summed E-state index contributed by atoms with van der Waals surface area (Å²) in [6.07, 6.45) is 0. The highest BCUT2D eigenvalue weighted by Gasteiger charge is 2.58. The van der Waals surface area contributed by atoms with Crippen molar-refractivity contribution in [2.24, 2.45) is 0 Å². The summed E-state index contributed by atoms with van der Waals surface area (Å²) in [5.74, 6) is 2.62. The molecule has 3 aromatic carbocycles. The van der Waals surface area contributed by atoms with Crippen molar-refractivity contribution in [3.8, 4) is 17.2 Å². The molecule has 0 aromatic heterocycles. The second-order valence-electron chi connectivity index (χ2n) is 6.46. The number of ether oxygens (including phenoxy) is 3. The highest BCUT2D eigenvalue weighted by molar-refractivity contribution is 8.07. The number of thioether (sulfide) groups is 1. The van der Waals surface area contributed by atoms with Crippen LogP contribution in [0.1, 0.15) is 21.9 Å². The van der Waals surface area contributed by atoms with E-state index in [9.17, 15) is 0 Å². The zero-order valence-corrected chi connectivity index (χ0v) is 16.5. The first-order valence-electron chi connectivity index (χ1n) is 8.82. The first-order chi connectivity index (χ1) is 13.2. The highest BCUT2D eigenvalue weighted by atomic mass is 32.2. The molecule has 0 saturated carbocycles. The van der Waals surface area contributed by atoms with Gasteiger partial charge in [-0.25, -0.2) is 0 Å². The fraction of sp³-hybridized carbons (Fsp3) is 0.217. The van der Waals surface area contributed by atoms with Crippen molar-refractivity contribution in [3.63, 3.8) is 0 Å². The molecule has 1 saturated heterocycles. The first kappa shape index (κ1) is 17.8. The molecule has 0 amide bonds. The number of benzene rings is 3. The second kappa shape index (κ2) is 7.20. The van der Waals surface area contributed by atoms with Crippen LogP contribution < -0.4 is 14.2 Å². The van der Waals surface area contributed by atoms with E-state index in [1.54, 1.807) is 21.3 Å². The molecule has 1 atom stereocenters. The summed E-state index contributed by atoms with van der Waals surface area (Å²) in [7, 11) is 5.08. The Labute approximate surface area is 164 Å². The summed E-state index contributed by atoms with van der Waals surface area (Å²) in [4.78, 5) is 0. The Balaban J connectivity index is 1.75. The molecule has 0 N–H and O–H groups in total. The molecule has 3 aromatic rings. The van der Waals surface area contributed by atoms with E-state index in [1.165, 1.54) is 16.7 Å². The zero-order chi connectivity index (χ0) is 18.9. The van der Waals surface area contributed by atoms with Gasteiger partial charge in [-0.15, -0.1) is 11.8 Å². The van der Waals surface area contributed by atoms with Crippen LogP contribution in [0.2, 0.25) is 0 Å². The summed E-state index contributed by atoms with van der Waals surface area (Å²) in [6, 6.07) is 25.2. The van der Waals surface area contributed by atoms with Gasteiger partial charge in [0.05, 0.1) is 31.3 Å². The van der Waals surface area contributed by atoms with E-state index < -0.39 is 0 Å². The molecule has 0 spiro atoms. The average Bonchev–Trinajstić information content (AvgIpc) is 3.51. The second-order valence-corrected chi connectivity index (χ2v) is 7.81. The van der Waals surface area contributed by atoms with E-state index in [0.29, 0.717) is 5.25 Å². The third-order valence-electron chi connectivity index (χ3n) is 5.07. The zero-order valence-electron chi connectivity index (χ0n) is 15.6. The lowest BCUT2D eigenvalue weighted by Crippen LogP contribution is -2.11. The molecule has 1 aliphatic rings. The van der Waals surface area contributed by atoms with Crippen LogP contribution in [0.3, 0.4) is 0 Å². The molecule has 0 radical (unpaired) electrons. The lowest BCUT2D eigenvalue weighted by atomic mass is 9.86. The molecule has 3 nitrogen and oxygen atoms in total. The van der Waals surface area contributed by atoms with E-state index in [0.717, 1.165) is 17.2 Å². The standard InChI is InChI=1S/C23H22O3S/c1-24-19-10-4-16(5-11-19)22-23(27-22,17-6-12-20(25-2)13-7-17)18-8-14-21(26-3)15-9-18/h4-15,22H,1-3H3. The maximum atomic E-state index is 5.34. The molecule has 1 aliphatic heterocycles. The van der Waals surface area contributed by atoms with Gasteiger partial charge in [0, 0.05) is 0 Å². The van der Waals surface area contributed by atoms with Gasteiger partial charge in [0.25, 0.3) is 0 Å². The van der Waals surface area contributed by atoms with Crippen molar-refractivity contribution < 1.29 is 14.2 Å². The van der Waals surface area contributed by atoms with Gasteiger partial charge in [-0.1, -0.05) is 36.4 Å². The average molecular weight is 378 g/mol. The minimum Gasteiger partial charge on any atom is -0.497 e. The summed E-state index contributed by atoms with van der Waals surface area (Å²) >= 11 is 1.96. The minimum absolute atomic E-state index is 0.104. The van der Waals surface area contributed by atoms with Gasteiger partial charge in [-0.2, -0.15) is 0 Å².